The molecular weight excluding hydrogens is 252 g/mol. The first-order chi connectivity index (χ1) is 8.61. The van der Waals surface area contributed by atoms with E-state index in [1.165, 1.54) is 0 Å². The van der Waals surface area contributed by atoms with E-state index in [4.69, 9.17) is 22.1 Å². The van der Waals surface area contributed by atoms with Crippen molar-refractivity contribution in [1.29, 1.82) is 0 Å². The van der Waals surface area contributed by atoms with E-state index in [1.54, 1.807) is 24.3 Å². The van der Waals surface area contributed by atoms with Gasteiger partial charge >= 0.3 is 0 Å². The molecule has 1 aromatic carbocycles. The lowest BCUT2D eigenvalue weighted by atomic mass is 10.2. The van der Waals surface area contributed by atoms with Crippen LogP contribution in [0.25, 0.3) is 0 Å². The molecule has 0 spiro atoms. The molecule has 0 saturated heterocycles. The molecule has 4 nitrogen and oxygen atoms in total. The molecule has 100 valence electrons. The third-order valence-electron chi connectivity index (χ3n) is 2.46. The van der Waals surface area contributed by atoms with Crippen LogP contribution in [0, 0.1) is 5.92 Å². The highest BCUT2D eigenvalue weighted by atomic mass is 35.5. The first-order valence-corrected chi connectivity index (χ1v) is 6.34. The highest BCUT2D eigenvalue weighted by Gasteiger charge is 2.04. The van der Waals surface area contributed by atoms with Crippen LogP contribution in [0.1, 0.15) is 13.3 Å². The van der Waals surface area contributed by atoms with Gasteiger partial charge in [0, 0.05) is 11.6 Å². The number of halogens is 1. The van der Waals surface area contributed by atoms with Gasteiger partial charge < -0.3 is 15.8 Å². The van der Waals surface area contributed by atoms with Crippen LogP contribution in [0.15, 0.2) is 24.3 Å². The Kier molecular flexibility index (Phi) is 6.54. The number of rotatable bonds is 7. The minimum absolute atomic E-state index is 0.0238. The number of amides is 1. The van der Waals surface area contributed by atoms with E-state index in [2.05, 4.69) is 5.32 Å². The summed E-state index contributed by atoms with van der Waals surface area (Å²) in [5, 5.41) is 3.47. The van der Waals surface area contributed by atoms with Crippen LogP contribution >= 0.6 is 11.6 Å². The van der Waals surface area contributed by atoms with Gasteiger partial charge in [-0.2, -0.15) is 0 Å². The van der Waals surface area contributed by atoms with Crippen molar-refractivity contribution in [2.24, 2.45) is 11.7 Å². The average molecular weight is 271 g/mol. The summed E-state index contributed by atoms with van der Waals surface area (Å²) in [6, 6.07) is 7.05. The topological polar surface area (TPSA) is 64.3 Å². The molecule has 1 aromatic rings. The fraction of sp³-hybridized carbons (Fsp3) is 0.462. The molecule has 1 amide bonds. The molecule has 0 aromatic heterocycles. The quantitative estimate of drug-likeness (QED) is 0.794. The average Bonchev–Trinajstić information content (AvgIpc) is 2.38. The highest BCUT2D eigenvalue weighted by molar-refractivity contribution is 6.30. The van der Waals surface area contributed by atoms with Crippen molar-refractivity contribution in [2.45, 2.75) is 13.3 Å². The summed E-state index contributed by atoms with van der Waals surface area (Å²) in [7, 11) is 0. The lowest BCUT2D eigenvalue weighted by Crippen LogP contribution is -2.31. The third-order valence-corrected chi connectivity index (χ3v) is 2.71. The summed E-state index contributed by atoms with van der Waals surface area (Å²) in [5.41, 5.74) is 5.46. The van der Waals surface area contributed by atoms with Gasteiger partial charge in [-0.3, -0.25) is 4.79 Å². The maximum atomic E-state index is 11.5. The van der Waals surface area contributed by atoms with Gasteiger partial charge in [0.25, 0.3) is 0 Å². The lowest BCUT2D eigenvalue weighted by molar-refractivity contribution is -0.121. The summed E-state index contributed by atoms with van der Waals surface area (Å²) in [6.07, 6.45) is 0.333. The summed E-state index contributed by atoms with van der Waals surface area (Å²) in [5.74, 6) is 0.984. The van der Waals surface area contributed by atoms with Crippen LogP contribution in [-0.4, -0.2) is 25.6 Å². The van der Waals surface area contributed by atoms with Crippen LogP contribution in [0.3, 0.4) is 0 Å². The van der Waals surface area contributed by atoms with Gasteiger partial charge in [0.15, 0.2) is 0 Å². The molecule has 5 heteroatoms. The van der Waals surface area contributed by atoms with E-state index in [0.29, 0.717) is 42.8 Å². The zero-order chi connectivity index (χ0) is 13.4. The van der Waals surface area contributed by atoms with Gasteiger partial charge in [0.1, 0.15) is 5.75 Å². The molecule has 0 aliphatic carbocycles. The van der Waals surface area contributed by atoms with Gasteiger partial charge in [-0.1, -0.05) is 18.5 Å². The number of hydrogen-bond donors (Lipinski definition) is 2. The Morgan fingerprint density at radius 2 is 2.11 bits per heavy atom. The van der Waals surface area contributed by atoms with Crippen molar-refractivity contribution < 1.29 is 9.53 Å². The molecule has 3 N–H and O–H groups in total. The number of carbonyl (C=O) groups excluding carboxylic acids is 1. The zero-order valence-corrected chi connectivity index (χ0v) is 11.2. The van der Waals surface area contributed by atoms with Crippen molar-refractivity contribution in [3.63, 3.8) is 0 Å². The number of benzene rings is 1. The fourth-order valence-corrected chi connectivity index (χ4v) is 1.38. The van der Waals surface area contributed by atoms with E-state index >= 15 is 0 Å². The number of hydrogen-bond acceptors (Lipinski definition) is 3. The molecule has 0 fully saturated rings. The van der Waals surface area contributed by atoms with Gasteiger partial charge in [-0.25, -0.2) is 0 Å². The minimum atomic E-state index is -0.0238. The second kappa shape index (κ2) is 7.95. The molecule has 0 heterocycles. The first kappa shape index (κ1) is 14.8. The maximum Gasteiger partial charge on any atom is 0.223 e. The summed E-state index contributed by atoms with van der Waals surface area (Å²) in [4.78, 5) is 11.5. The molecule has 0 saturated carbocycles. The van der Waals surface area contributed by atoms with Crippen LogP contribution in [0.4, 0.5) is 0 Å². The largest absolute Gasteiger partial charge is 0.493 e. The van der Waals surface area contributed by atoms with E-state index in [1.807, 2.05) is 6.92 Å². The van der Waals surface area contributed by atoms with Crippen molar-refractivity contribution in [2.75, 3.05) is 19.7 Å². The van der Waals surface area contributed by atoms with E-state index in [0.717, 1.165) is 0 Å². The molecule has 0 bridgehead atoms. The molecule has 1 unspecified atom stereocenters. The van der Waals surface area contributed by atoms with Crippen molar-refractivity contribution in [3.05, 3.63) is 29.3 Å². The second-order valence-corrected chi connectivity index (χ2v) is 4.63. The molecule has 1 rings (SSSR count). The zero-order valence-electron chi connectivity index (χ0n) is 10.5. The van der Waals surface area contributed by atoms with Crippen LogP contribution in [0.2, 0.25) is 5.02 Å². The molecule has 18 heavy (non-hydrogen) atoms. The van der Waals surface area contributed by atoms with Crippen molar-refractivity contribution >= 4 is 17.5 Å². The molecule has 0 aliphatic rings. The standard InChI is InChI=1S/C13H19ClN2O2/c1-10(8-15)9-16-13(17)6-7-18-12-4-2-11(14)3-5-12/h2-5,10H,6-9,15H2,1H3,(H,16,17). The summed E-state index contributed by atoms with van der Waals surface area (Å²) in [6.45, 7) is 3.52. The lowest BCUT2D eigenvalue weighted by Gasteiger charge is -2.10. The Bertz CT molecular complexity index is 368. The van der Waals surface area contributed by atoms with Crippen molar-refractivity contribution in [3.8, 4) is 5.75 Å². The van der Waals surface area contributed by atoms with Gasteiger partial charge in [0.05, 0.1) is 13.0 Å². The van der Waals surface area contributed by atoms with Crippen LogP contribution in [0.5, 0.6) is 5.75 Å². The summed E-state index contributed by atoms with van der Waals surface area (Å²) < 4.78 is 5.42. The number of carbonyl (C=O) groups is 1. The van der Waals surface area contributed by atoms with Gasteiger partial charge in [0.2, 0.25) is 5.91 Å². The Hall–Kier alpha value is -1.26. The second-order valence-electron chi connectivity index (χ2n) is 4.20. The number of nitrogens with one attached hydrogen (secondary N) is 1. The molecule has 1 atom stereocenters. The molecule has 0 radical (unpaired) electrons. The third kappa shape index (κ3) is 5.89. The SMILES string of the molecule is CC(CN)CNC(=O)CCOc1ccc(Cl)cc1. The fourth-order valence-electron chi connectivity index (χ4n) is 1.25. The number of nitrogens with two attached hydrogens (primary N) is 1. The Morgan fingerprint density at radius 3 is 2.72 bits per heavy atom. The molecular formula is C13H19ClN2O2. The Balaban J connectivity index is 2.17. The smallest absolute Gasteiger partial charge is 0.223 e. The predicted molar refractivity (Wildman–Crippen MR) is 72.8 cm³/mol. The normalized spacial score (nSPS) is 11.9. The van der Waals surface area contributed by atoms with E-state index < -0.39 is 0 Å². The van der Waals surface area contributed by atoms with Gasteiger partial charge in [-0.15, -0.1) is 0 Å². The summed E-state index contributed by atoms with van der Waals surface area (Å²) >= 11 is 5.75. The van der Waals surface area contributed by atoms with Crippen molar-refractivity contribution in [1.82, 2.24) is 5.32 Å². The minimum Gasteiger partial charge on any atom is -0.493 e. The number of ether oxygens (including phenoxy) is 1. The highest BCUT2D eigenvalue weighted by Crippen LogP contribution is 2.15. The van der Waals surface area contributed by atoms with Crippen LogP contribution in [-0.2, 0) is 4.79 Å². The maximum absolute atomic E-state index is 11.5. The predicted octanol–water partition coefficient (Wildman–Crippen LogP) is 1.82. The van der Waals surface area contributed by atoms with E-state index in [9.17, 15) is 4.79 Å². The van der Waals surface area contributed by atoms with E-state index in [-0.39, 0.29) is 5.91 Å². The Morgan fingerprint density at radius 1 is 1.44 bits per heavy atom. The first-order valence-electron chi connectivity index (χ1n) is 5.97. The van der Waals surface area contributed by atoms with Crippen LogP contribution < -0.4 is 15.8 Å². The van der Waals surface area contributed by atoms with Gasteiger partial charge in [-0.05, 0) is 36.7 Å². The Labute approximate surface area is 112 Å². The molecule has 0 aliphatic heterocycles. The monoisotopic (exact) mass is 270 g/mol.